The Morgan fingerprint density at radius 3 is 2.10 bits per heavy atom. The molecule has 0 bridgehead atoms. The second kappa shape index (κ2) is 6.38. The molecule has 2 nitrogen and oxygen atoms in total. The average Bonchev–Trinajstić information content (AvgIpc) is 3.01. The Hall–Kier alpha value is -3.26. The fraction of sp³-hybridized carbons (Fsp3) is 0.185. The smallest absolute Gasteiger partial charge is 0.133 e. The van der Waals surface area contributed by atoms with E-state index >= 15 is 0 Å². The predicted octanol–water partition coefficient (Wildman–Crippen LogP) is 6.93. The summed E-state index contributed by atoms with van der Waals surface area (Å²) in [5, 5.41) is 13.1. The first-order valence-electron chi connectivity index (χ1n) is 10.1. The number of fused-ring (bicyclic) bond motifs is 3. The quantitative estimate of drug-likeness (QED) is 0.408. The monoisotopic (exact) mass is 380 g/mol. The summed E-state index contributed by atoms with van der Waals surface area (Å²) in [6.07, 6.45) is -0.120. The Bertz CT molecular complexity index is 1200. The zero-order valence-corrected chi connectivity index (χ0v) is 16.9. The van der Waals surface area contributed by atoms with Gasteiger partial charge in [0.1, 0.15) is 17.6 Å². The fourth-order valence-electron chi connectivity index (χ4n) is 4.63. The summed E-state index contributed by atoms with van der Waals surface area (Å²) >= 11 is 0. The van der Waals surface area contributed by atoms with Crippen molar-refractivity contribution in [3.8, 4) is 22.6 Å². The molecule has 1 unspecified atom stereocenters. The van der Waals surface area contributed by atoms with Gasteiger partial charge in [0.25, 0.3) is 0 Å². The number of phenols is 1. The van der Waals surface area contributed by atoms with Crippen LogP contribution in [0, 0.1) is 6.92 Å². The Morgan fingerprint density at radius 1 is 0.793 bits per heavy atom. The normalized spacial score (nSPS) is 17.1. The molecule has 0 amide bonds. The van der Waals surface area contributed by atoms with Crippen molar-refractivity contribution in [2.24, 2.45) is 0 Å². The van der Waals surface area contributed by atoms with Gasteiger partial charge in [0.05, 0.1) is 0 Å². The molecule has 1 aliphatic heterocycles. The van der Waals surface area contributed by atoms with Crippen molar-refractivity contribution in [3.63, 3.8) is 0 Å². The van der Waals surface area contributed by atoms with E-state index in [9.17, 15) is 5.11 Å². The van der Waals surface area contributed by atoms with E-state index in [0.717, 1.165) is 38.8 Å². The first-order chi connectivity index (χ1) is 14.0. The number of hydrogen-bond donors (Lipinski definition) is 1. The third kappa shape index (κ3) is 2.63. The Kier molecular flexibility index (Phi) is 3.92. The van der Waals surface area contributed by atoms with Crippen molar-refractivity contribution in [2.45, 2.75) is 32.3 Å². The third-order valence-corrected chi connectivity index (χ3v) is 6.12. The first kappa shape index (κ1) is 17.8. The van der Waals surface area contributed by atoms with Crippen LogP contribution >= 0.6 is 0 Å². The van der Waals surface area contributed by atoms with Crippen LogP contribution in [0.4, 0.5) is 0 Å². The fourth-order valence-corrected chi connectivity index (χ4v) is 4.63. The highest BCUT2D eigenvalue weighted by Gasteiger charge is 2.46. The van der Waals surface area contributed by atoms with E-state index in [2.05, 4.69) is 57.2 Å². The van der Waals surface area contributed by atoms with Crippen LogP contribution in [0.25, 0.3) is 21.9 Å². The van der Waals surface area contributed by atoms with Gasteiger partial charge in [-0.25, -0.2) is 0 Å². The molecule has 1 N–H and O–H groups in total. The molecule has 1 atom stereocenters. The van der Waals surface area contributed by atoms with E-state index in [1.165, 1.54) is 5.56 Å². The lowest BCUT2D eigenvalue weighted by Gasteiger charge is -2.28. The van der Waals surface area contributed by atoms with Crippen molar-refractivity contribution >= 4 is 10.8 Å². The highest BCUT2D eigenvalue weighted by molar-refractivity contribution is 6.02. The minimum absolute atomic E-state index is 0.120. The molecule has 0 saturated heterocycles. The van der Waals surface area contributed by atoms with Crippen LogP contribution in [0.1, 0.15) is 36.6 Å². The summed E-state index contributed by atoms with van der Waals surface area (Å²) < 4.78 is 6.67. The van der Waals surface area contributed by atoms with Crippen LogP contribution in [-0.4, -0.2) is 5.11 Å². The minimum Gasteiger partial charge on any atom is -0.507 e. The zero-order valence-electron chi connectivity index (χ0n) is 16.9. The lowest BCUT2D eigenvalue weighted by molar-refractivity contribution is 0.170. The van der Waals surface area contributed by atoms with Gasteiger partial charge in [-0.1, -0.05) is 98.3 Å². The summed E-state index contributed by atoms with van der Waals surface area (Å²) in [5.41, 5.74) is 5.03. The average molecular weight is 380 g/mol. The summed E-state index contributed by atoms with van der Waals surface area (Å²) in [4.78, 5) is 0. The van der Waals surface area contributed by atoms with Gasteiger partial charge in [0, 0.05) is 27.3 Å². The highest BCUT2D eigenvalue weighted by atomic mass is 16.5. The van der Waals surface area contributed by atoms with E-state index in [-0.39, 0.29) is 11.5 Å². The molecule has 1 aliphatic rings. The number of phenolic OH excluding ortho intramolecular Hbond substituents is 1. The topological polar surface area (TPSA) is 29.5 Å². The van der Waals surface area contributed by atoms with Crippen molar-refractivity contribution in [1.82, 2.24) is 0 Å². The Balaban J connectivity index is 1.83. The van der Waals surface area contributed by atoms with Crippen molar-refractivity contribution in [2.75, 3.05) is 0 Å². The molecular weight excluding hydrogens is 356 g/mol. The molecule has 0 radical (unpaired) electrons. The summed E-state index contributed by atoms with van der Waals surface area (Å²) in [5.74, 6) is 1.21. The van der Waals surface area contributed by atoms with E-state index in [1.54, 1.807) is 0 Å². The Morgan fingerprint density at radius 2 is 1.41 bits per heavy atom. The lowest BCUT2D eigenvalue weighted by atomic mass is 9.74. The van der Waals surface area contributed by atoms with Crippen LogP contribution in [-0.2, 0) is 5.41 Å². The zero-order chi connectivity index (χ0) is 20.2. The molecule has 0 saturated carbocycles. The van der Waals surface area contributed by atoms with Gasteiger partial charge in [-0.05, 0) is 18.1 Å². The molecule has 29 heavy (non-hydrogen) atoms. The maximum Gasteiger partial charge on any atom is 0.133 e. The SMILES string of the molecule is Cc1ccc(C2Oc3c(c(-c4ccccc4)c(O)c4ccccc34)C2(C)C)cc1. The number of aromatic hydroxyl groups is 1. The third-order valence-electron chi connectivity index (χ3n) is 6.12. The molecule has 2 heteroatoms. The van der Waals surface area contributed by atoms with Crippen LogP contribution in [0.2, 0.25) is 0 Å². The summed E-state index contributed by atoms with van der Waals surface area (Å²) in [6.45, 7) is 6.52. The maximum absolute atomic E-state index is 11.3. The molecule has 4 aromatic carbocycles. The highest BCUT2D eigenvalue weighted by Crippen LogP contribution is 2.58. The Labute approximate surface area is 171 Å². The first-order valence-corrected chi connectivity index (χ1v) is 10.1. The summed E-state index contributed by atoms with van der Waals surface area (Å²) in [6, 6.07) is 26.7. The van der Waals surface area contributed by atoms with Gasteiger partial charge < -0.3 is 9.84 Å². The van der Waals surface area contributed by atoms with E-state index in [4.69, 9.17) is 4.74 Å². The largest absolute Gasteiger partial charge is 0.507 e. The molecule has 0 fully saturated rings. The van der Waals surface area contributed by atoms with Gasteiger partial charge in [0.2, 0.25) is 0 Å². The second-order valence-electron chi connectivity index (χ2n) is 8.47. The van der Waals surface area contributed by atoms with Gasteiger partial charge >= 0.3 is 0 Å². The number of ether oxygens (including phenoxy) is 1. The van der Waals surface area contributed by atoms with Crippen molar-refractivity contribution < 1.29 is 9.84 Å². The van der Waals surface area contributed by atoms with Crippen LogP contribution in [0.3, 0.4) is 0 Å². The van der Waals surface area contributed by atoms with Crippen molar-refractivity contribution in [3.05, 3.63) is 95.6 Å². The molecule has 0 aromatic heterocycles. The van der Waals surface area contributed by atoms with Gasteiger partial charge in [-0.3, -0.25) is 0 Å². The van der Waals surface area contributed by atoms with Gasteiger partial charge in [-0.15, -0.1) is 0 Å². The molecule has 0 spiro atoms. The maximum atomic E-state index is 11.3. The molecule has 0 aliphatic carbocycles. The van der Waals surface area contributed by atoms with Gasteiger partial charge in [-0.2, -0.15) is 0 Å². The van der Waals surface area contributed by atoms with Crippen molar-refractivity contribution in [1.29, 1.82) is 0 Å². The number of benzene rings is 4. The summed E-state index contributed by atoms with van der Waals surface area (Å²) in [7, 11) is 0. The number of hydrogen-bond acceptors (Lipinski definition) is 2. The molecule has 144 valence electrons. The van der Waals surface area contributed by atoms with Crippen LogP contribution in [0.5, 0.6) is 11.5 Å². The molecule has 5 rings (SSSR count). The van der Waals surface area contributed by atoms with E-state index < -0.39 is 0 Å². The molecule has 1 heterocycles. The minimum atomic E-state index is -0.308. The van der Waals surface area contributed by atoms with E-state index in [0.29, 0.717) is 5.75 Å². The van der Waals surface area contributed by atoms with Gasteiger partial charge in [0.15, 0.2) is 0 Å². The predicted molar refractivity (Wildman–Crippen MR) is 119 cm³/mol. The van der Waals surface area contributed by atoms with Crippen LogP contribution < -0.4 is 4.74 Å². The molecule has 4 aromatic rings. The second-order valence-corrected chi connectivity index (χ2v) is 8.47. The number of aryl methyl sites for hydroxylation is 1. The molecular formula is C27H24O2. The van der Waals surface area contributed by atoms with Crippen LogP contribution in [0.15, 0.2) is 78.9 Å². The number of rotatable bonds is 2. The standard InChI is InChI=1S/C27H24O2/c1-17-13-15-19(16-14-17)26-27(2,3)23-22(18-9-5-4-6-10-18)24(28)20-11-7-8-12-21(20)25(23)29-26/h4-16,26,28H,1-3H3. The lowest BCUT2D eigenvalue weighted by Crippen LogP contribution is -2.25. The van der Waals surface area contributed by atoms with E-state index in [1.807, 2.05) is 42.5 Å².